The highest BCUT2D eigenvalue weighted by Crippen LogP contribution is 2.17. The first-order valence-electron chi connectivity index (χ1n) is 5.38. The zero-order chi connectivity index (χ0) is 10.4. The molecule has 0 saturated heterocycles. The van der Waals surface area contributed by atoms with Crippen molar-refractivity contribution >= 4 is 0 Å². The van der Waals surface area contributed by atoms with Crippen LogP contribution in [0.1, 0.15) is 26.7 Å². The van der Waals surface area contributed by atoms with Crippen molar-refractivity contribution in [2.75, 3.05) is 20.3 Å². The van der Waals surface area contributed by atoms with Crippen LogP contribution in [0.25, 0.3) is 0 Å². The Kier molecular flexibility index (Phi) is 4.98. The maximum atomic E-state index is 5.63. The summed E-state index contributed by atoms with van der Waals surface area (Å²) in [5, 5.41) is 3.38. The molecule has 3 nitrogen and oxygen atoms in total. The van der Waals surface area contributed by atoms with Crippen LogP contribution < -0.4 is 5.32 Å². The van der Waals surface area contributed by atoms with Crippen molar-refractivity contribution < 1.29 is 9.47 Å². The van der Waals surface area contributed by atoms with Crippen LogP contribution in [0.4, 0.5) is 0 Å². The molecule has 1 aliphatic heterocycles. The summed E-state index contributed by atoms with van der Waals surface area (Å²) in [5.41, 5.74) is 0. The van der Waals surface area contributed by atoms with E-state index in [1.54, 1.807) is 7.11 Å². The molecule has 0 amide bonds. The van der Waals surface area contributed by atoms with E-state index in [1.165, 1.54) is 0 Å². The van der Waals surface area contributed by atoms with Crippen molar-refractivity contribution in [1.82, 2.24) is 5.32 Å². The van der Waals surface area contributed by atoms with Crippen LogP contribution in [-0.4, -0.2) is 32.4 Å². The lowest BCUT2D eigenvalue weighted by atomic mass is 10.1. The van der Waals surface area contributed by atoms with E-state index in [0.29, 0.717) is 0 Å². The van der Waals surface area contributed by atoms with Crippen LogP contribution in [0.5, 0.6) is 0 Å². The average molecular weight is 199 g/mol. The van der Waals surface area contributed by atoms with Gasteiger partial charge in [-0.25, -0.2) is 0 Å². The SMILES string of the molecule is CCNC(C1=CCCCO1)C(C)OC. The van der Waals surface area contributed by atoms with E-state index in [1.807, 2.05) is 0 Å². The molecule has 82 valence electrons. The Morgan fingerprint density at radius 1 is 1.64 bits per heavy atom. The molecule has 14 heavy (non-hydrogen) atoms. The molecule has 0 aromatic rings. The Hall–Kier alpha value is -0.540. The second kappa shape index (κ2) is 6.04. The van der Waals surface area contributed by atoms with E-state index in [4.69, 9.17) is 9.47 Å². The maximum Gasteiger partial charge on any atom is 0.112 e. The number of hydrogen-bond acceptors (Lipinski definition) is 3. The molecule has 0 aliphatic carbocycles. The lowest BCUT2D eigenvalue weighted by Crippen LogP contribution is -2.42. The van der Waals surface area contributed by atoms with Gasteiger partial charge in [-0.15, -0.1) is 0 Å². The van der Waals surface area contributed by atoms with Crippen LogP contribution in [0, 0.1) is 0 Å². The van der Waals surface area contributed by atoms with Crippen molar-refractivity contribution in [2.24, 2.45) is 0 Å². The molecule has 0 aromatic heterocycles. The molecule has 1 heterocycles. The highest BCUT2D eigenvalue weighted by atomic mass is 16.5. The maximum absolute atomic E-state index is 5.63. The highest BCUT2D eigenvalue weighted by molar-refractivity contribution is 5.07. The molecule has 1 aliphatic rings. The number of ether oxygens (including phenoxy) is 2. The number of likely N-dealkylation sites (N-methyl/N-ethyl adjacent to an activating group) is 1. The summed E-state index contributed by atoms with van der Waals surface area (Å²) >= 11 is 0. The molecule has 0 saturated carbocycles. The van der Waals surface area contributed by atoms with Gasteiger partial charge < -0.3 is 14.8 Å². The van der Waals surface area contributed by atoms with Gasteiger partial charge in [-0.3, -0.25) is 0 Å². The molecule has 0 spiro atoms. The van der Waals surface area contributed by atoms with Gasteiger partial charge in [-0.1, -0.05) is 6.92 Å². The summed E-state index contributed by atoms with van der Waals surface area (Å²) in [4.78, 5) is 0. The summed E-state index contributed by atoms with van der Waals surface area (Å²) in [5.74, 6) is 1.05. The Bertz CT molecular complexity index is 192. The number of nitrogens with one attached hydrogen (secondary N) is 1. The molecule has 1 N–H and O–H groups in total. The van der Waals surface area contributed by atoms with Gasteiger partial charge in [-0.2, -0.15) is 0 Å². The molecule has 1 rings (SSSR count). The van der Waals surface area contributed by atoms with E-state index in [9.17, 15) is 0 Å². The van der Waals surface area contributed by atoms with Crippen molar-refractivity contribution in [2.45, 2.75) is 38.8 Å². The first kappa shape index (κ1) is 11.5. The second-order valence-electron chi connectivity index (χ2n) is 3.57. The predicted molar refractivity (Wildman–Crippen MR) is 57.2 cm³/mol. The van der Waals surface area contributed by atoms with Gasteiger partial charge >= 0.3 is 0 Å². The van der Waals surface area contributed by atoms with Crippen LogP contribution in [0.15, 0.2) is 11.8 Å². The molecule has 2 unspecified atom stereocenters. The molecule has 3 heteroatoms. The summed E-state index contributed by atoms with van der Waals surface area (Å²) in [7, 11) is 1.73. The smallest absolute Gasteiger partial charge is 0.112 e. The van der Waals surface area contributed by atoms with Gasteiger partial charge in [0.2, 0.25) is 0 Å². The highest BCUT2D eigenvalue weighted by Gasteiger charge is 2.22. The molecule has 2 atom stereocenters. The third kappa shape index (κ3) is 3.00. The van der Waals surface area contributed by atoms with Crippen LogP contribution in [-0.2, 0) is 9.47 Å². The average Bonchev–Trinajstić information content (AvgIpc) is 2.26. The van der Waals surface area contributed by atoms with Gasteiger partial charge in [-0.05, 0) is 32.4 Å². The Labute approximate surface area is 86.5 Å². The van der Waals surface area contributed by atoms with Crippen LogP contribution >= 0.6 is 0 Å². The minimum Gasteiger partial charge on any atom is -0.496 e. The van der Waals surface area contributed by atoms with Crippen molar-refractivity contribution in [3.05, 3.63) is 11.8 Å². The van der Waals surface area contributed by atoms with Crippen LogP contribution in [0.3, 0.4) is 0 Å². The standard InChI is InChI=1S/C11H21NO2/c1-4-12-11(9(2)13-3)10-7-5-6-8-14-10/h7,9,11-12H,4-6,8H2,1-3H3. The minimum absolute atomic E-state index is 0.152. The predicted octanol–water partition coefficient (Wildman–Crippen LogP) is 1.69. The van der Waals surface area contributed by atoms with E-state index in [-0.39, 0.29) is 12.1 Å². The Morgan fingerprint density at radius 2 is 2.43 bits per heavy atom. The van der Waals surface area contributed by atoms with E-state index >= 15 is 0 Å². The zero-order valence-electron chi connectivity index (χ0n) is 9.38. The van der Waals surface area contributed by atoms with Crippen molar-refractivity contribution in [3.63, 3.8) is 0 Å². The lowest BCUT2D eigenvalue weighted by Gasteiger charge is -2.28. The lowest BCUT2D eigenvalue weighted by molar-refractivity contribution is 0.0623. The molecule has 0 bridgehead atoms. The number of hydrogen-bond donors (Lipinski definition) is 1. The van der Waals surface area contributed by atoms with Gasteiger partial charge in [0.1, 0.15) is 5.76 Å². The fourth-order valence-electron chi connectivity index (χ4n) is 1.65. The van der Waals surface area contributed by atoms with Gasteiger partial charge in [0.25, 0.3) is 0 Å². The number of rotatable bonds is 5. The summed E-state index contributed by atoms with van der Waals surface area (Å²) in [6, 6.07) is 0.199. The summed E-state index contributed by atoms with van der Waals surface area (Å²) in [6.07, 6.45) is 4.57. The van der Waals surface area contributed by atoms with E-state index in [0.717, 1.165) is 31.8 Å². The normalized spacial score (nSPS) is 20.9. The summed E-state index contributed by atoms with van der Waals surface area (Å²) < 4.78 is 11.0. The van der Waals surface area contributed by atoms with Gasteiger partial charge in [0.05, 0.1) is 18.8 Å². The number of methoxy groups -OCH3 is 1. The Morgan fingerprint density at radius 3 is 2.93 bits per heavy atom. The second-order valence-corrected chi connectivity index (χ2v) is 3.57. The number of allylic oxidation sites excluding steroid dienone is 1. The first-order chi connectivity index (χ1) is 6.79. The van der Waals surface area contributed by atoms with Gasteiger partial charge in [0, 0.05) is 7.11 Å². The molecule has 0 aromatic carbocycles. The van der Waals surface area contributed by atoms with Crippen LogP contribution in [0.2, 0.25) is 0 Å². The topological polar surface area (TPSA) is 30.5 Å². The fraction of sp³-hybridized carbons (Fsp3) is 0.818. The largest absolute Gasteiger partial charge is 0.496 e. The quantitative estimate of drug-likeness (QED) is 0.731. The Balaban J connectivity index is 2.60. The molecular formula is C11H21NO2. The van der Waals surface area contributed by atoms with Crippen molar-refractivity contribution in [1.29, 1.82) is 0 Å². The first-order valence-corrected chi connectivity index (χ1v) is 5.38. The summed E-state index contributed by atoms with van der Waals surface area (Å²) in [6.45, 7) is 5.92. The monoisotopic (exact) mass is 199 g/mol. The van der Waals surface area contributed by atoms with Gasteiger partial charge in [0.15, 0.2) is 0 Å². The third-order valence-electron chi connectivity index (χ3n) is 2.53. The zero-order valence-corrected chi connectivity index (χ0v) is 9.38. The molecule has 0 fully saturated rings. The van der Waals surface area contributed by atoms with Crippen molar-refractivity contribution in [3.8, 4) is 0 Å². The third-order valence-corrected chi connectivity index (χ3v) is 2.53. The molecular weight excluding hydrogens is 178 g/mol. The fourth-order valence-corrected chi connectivity index (χ4v) is 1.65. The van der Waals surface area contributed by atoms with E-state index < -0.39 is 0 Å². The van der Waals surface area contributed by atoms with E-state index in [2.05, 4.69) is 25.2 Å². The molecule has 0 radical (unpaired) electrons. The minimum atomic E-state index is 0.152.